The number of hydrogen-bond donors (Lipinski definition) is 0. The van der Waals surface area contributed by atoms with E-state index in [2.05, 4.69) is 4.98 Å². The van der Waals surface area contributed by atoms with Gasteiger partial charge in [0.2, 0.25) is 0 Å². The number of esters is 1. The Labute approximate surface area is 207 Å². The van der Waals surface area contributed by atoms with Crippen LogP contribution in [0.5, 0.6) is 0 Å². The number of carbonyl (C=O) groups excluding carboxylic acids is 1. The number of hydrogen-bond acceptors (Lipinski definition) is 7. The highest BCUT2D eigenvalue weighted by atomic mass is 35.5. The van der Waals surface area contributed by atoms with E-state index in [0.29, 0.717) is 38.4 Å². The van der Waals surface area contributed by atoms with Gasteiger partial charge in [-0.3, -0.25) is 13.6 Å². The smallest absolute Gasteiger partial charge is 0.337 e. The number of fused-ring (bicyclic) bond motifs is 6. The normalized spacial score (nSPS) is 11.6. The summed E-state index contributed by atoms with van der Waals surface area (Å²) >= 11 is 7.45. The van der Waals surface area contributed by atoms with Crippen molar-refractivity contribution in [3.63, 3.8) is 0 Å². The second-order valence-electron chi connectivity index (χ2n) is 7.83. The first kappa shape index (κ1) is 21.6. The Hall–Kier alpha value is -3.95. The Kier molecular flexibility index (Phi) is 5.16. The first-order chi connectivity index (χ1) is 17.0. The molecule has 8 nitrogen and oxygen atoms in total. The molecule has 6 aromatic rings. The lowest BCUT2D eigenvalue weighted by Gasteiger charge is -2.10. The molecule has 0 N–H and O–H groups in total. The second kappa shape index (κ2) is 8.37. The molecular weight excluding hydrogens is 486 g/mol. The minimum atomic E-state index is -0.433. The third-order valence-corrected chi connectivity index (χ3v) is 6.85. The number of benzene rings is 2. The molecule has 0 atom stereocenters. The molecule has 35 heavy (non-hydrogen) atoms. The largest absolute Gasteiger partial charge is 0.465 e. The maximum Gasteiger partial charge on any atom is 0.337 e. The lowest BCUT2D eigenvalue weighted by molar-refractivity contribution is 0.0601. The molecule has 0 saturated carbocycles. The average Bonchev–Trinajstić information content (AvgIpc) is 3.27. The molecule has 6 rings (SSSR count). The van der Waals surface area contributed by atoms with Gasteiger partial charge in [0.05, 0.1) is 39.9 Å². The highest BCUT2D eigenvalue weighted by Crippen LogP contribution is 2.30. The van der Waals surface area contributed by atoms with Crippen LogP contribution in [0.4, 0.5) is 0 Å². The molecule has 172 valence electrons. The van der Waals surface area contributed by atoms with Gasteiger partial charge in [-0.2, -0.15) is 0 Å². The summed E-state index contributed by atoms with van der Waals surface area (Å²) in [7, 11) is 1.35. The van der Waals surface area contributed by atoms with Gasteiger partial charge in [0.25, 0.3) is 5.56 Å². The van der Waals surface area contributed by atoms with Crippen LogP contribution < -0.4 is 5.56 Å². The van der Waals surface area contributed by atoms with Crippen molar-refractivity contribution < 1.29 is 9.53 Å². The van der Waals surface area contributed by atoms with E-state index in [9.17, 15) is 9.59 Å². The predicted molar refractivity (Wildman–Crippen MR) is 135 cm³/mol. The fourth-order valence-electron chi connectivity index (χ4n) is 4.05. The summed E-state index contributed by atoms with van der Waals surface area (Å²) in [5.41, 5.74) is 4.44. The molecule has 10 heteroatoms. The van der Waals surface area contributed by atoms with Gasteiger partial charge in [-0.1, -0.05) is 35.5 Å². The number of methoxy groups -OCH3 is 1. The third-order valence-electron chi connectivity index (χ3n) is 5.65. The van der Waals surface area contributed by atoms with E-state index >= 15 is 0 Å². The van der Waals surface area contributed by atoms with Gasteiger partial charge in [-0.25, -0.2) is 19.7 Å². The molecule has 4 aromatic heterocycles. The number of carbonyl (C=O) groups is 1. The summed E-state index contributed by atoms with van der Waals surface area (Å²) in [6, 6.07) is 18.0. The van der Waals surface area contributed by atoms with Gasteiger partial charge in [0.15, 0.2) is 5.16 Å². The Balaban J connectivity index is 1.50. The lowest BCUT2D eigenvalue weighted by atomic mass is 10.1. The number of pyridine rings is 1. The van der Waals surface area contributed by atoms with Crippen LogP contribution in [0.3, 0.4) is 0 Å². The minimum Gasteiger partial charge on any atom is -0.465 e. The monoisotopic (exact) mass is 501 g/mol. The van der Waals surface area contributed by atoms with Gasteiger partial charge >= 0.3 is 5.97 Å². The Morgan fingerprint density at radius 3 is 2.74 bits per heavy atom. The van der Waals surface area contributed by atoms with Gasteiger partial charge in [-0.15, -0.1) is 0 Å². The van der Waals surface area contributed by atoms with E-state index in [0.717, 1.165) is 22.1 Å². The molecule has 0 spiro atoms. The number of rotatable bonds is 4. The van der Waals surface area contributed by atoms with Gasteiger partial charge < -0.3 is 4.74 Å². The molecule has 0 radical (unpaired) electrons. The Morgan fingerprint density at radius 1 is 1.03 bits per heavy atom. The van der Waals surface area contributed by atoms with Gasteiger partial charge in [-0.05, 0) is 42.5 Å². The van der Waals surface area contributed by atoms with E-state index in [4.69, 9.17) is 26.3 Å². The van der Waals surface area contributed by atoms with Crippen molar-refractivity contribution in [2.24, 2.45) is 0 Å². The second-order valence-corrected chi connectivity index (χ2v) is 9.21. The number of imidazole rings is 1. The highest BCUT2D eigenvalue weighted by molar-refractivity contribution is 7.98. The van der Waals surface area contributed by atoms with E-state index in [1.807, 2.05) is 34.7 Å². The van der Waals surface area contributed by atoms with Gasteiger partial charge in [0.1, 0.15) is 11.3 Å². The first-order valence-corrected chi connectivity index (χ1v) is 12.0. The molecule has 0 aliphatic heterocycles. The average molecular weight is 502 g/mol. The van der Waals surface area contributed by atoms with E-state index in [-0.39, 0.29) is 5.56 Å². The number of thioether (sulfide) groups is 1. The Bertz CT molecular complexity index is 1860. The number of nitrogens with zero attached hydrogens (tertiary/aromatic N) is 5. The zero-order valence-corrected chi connectivity index (χ0v) is 19.9. The lowest BCUT2D eigenvalue weighted by Crippen LogP contribution is -2.15. The maximum absolute atomic E-state index is 12.6. The molecule has 0 aliphatic carbocycles. The van der Waals surface area contributed by atoms with E-state index < -0.39 is 5.97 Å². The molecule has 4 heterocycles. The summed E-state index contributed by atoms with van der Waals surface area (Å²) in [5.74, 6) is -0.0252. The number of ether oxygens (including phenoxy) is 1. The van der Waals surface area contributed by atoms with Crippen LogP contribution in [-0.4, -0.2) is 36.8 Å². The van der Waals surface area contributed by atoms with Crippen molar-refractivity contribution in [1.29, 1.82) is 0 Å². The third kappa shape index (κ3) is 3.69. The maximum atomic E-state index is 12.6. The van der Waals surface area contributed by atoms with E-state index in [1.54, 1.807) is 30.5 Å². The molecular formula is C25H16ClN5O3S. The summed E-state index contributed by atoms with van der Waals surface area (Å²) < 4.78 is 8.28. The van der Waals surface area contributed by atoms with E-state index in [1.165, 1.54) is 29.3 Å². The van der Waals surface area contributed by atoms with Crippen molar-refractivity contribution in [3.05, 3.63) is 93.5 Å². The number of aromatic nitrogens is 5. The number of para-hydroxylation sites is 2. The summed E-state index contributed by atoms with van der Waals surface area (Å²) in [5, 5.41) is 1.95. The molecule has 0 unspecified atom stereocenters. The van der Waals surface area contributed by atoms with Crippen molar-refractivity contribution in [3.8, 4) is 0 Å². The van der Waals surface area contributed by atoms with Crippen molar-refractivity contribution in [2.75, 3.05) is 7.11 Å². The summed E-state index contributed by atoms with van der Waals surface area (Å²) in [6.45, 7) is 0. The van der Waals surface area contributed by atoms with Crippen LogP contribution in [0, 0.1) is 0 Å². The molecule has 0 bridgehead atoms. The zero-order valence-electron chi connectivity index (χ0n) is 18.3. The molecule has 2 aromatic carbocycles. The van der Waals surface area contributed by atoms with Crippen LogP contribution in [0.1, 0.15) is 16.1 Å². The standard InChI is InChI=1S/C25H16ClN5O3S/c1-34-24(33)14-6-8-17-19(10-14)29-25(31-20-5-3-2-4-18(20)28-23(17)31)35-13-16-11-22(32)30-12-15(26)7-9-21(30)27-16/h2-12H,13H2,1H3. The molecule has 0 aliphatic rings. The fraction of sp³-hybridized carbons (Fsp3) is 0.0800. The van der Waals surface area contributed by atoms with Crippen molar-refractivity contribution in [2.45, 2.75) is 10.9 Å². The van der Waals surface area contributed by atoms with Crippen LogP contribution in [0.15, 0.2) is 76.8 Å². The topological polar surface area (TPSA) is 90.9 Å². The van der Waals surface area contributed by atoms with Crippen LogP contribution in [-0.2, 0) is 10.5 Å². The molecule has 0 amide bonds. The molecule has 0 fully saturated rings. The quantitative estimate of drug-likeness (QED) is 0.195. The van der Waals surface area contributed by atoms with Gasteiger partial charge in [0, 0.05) is 23.4 Å². The zero-order chi connectivity index (χ0) is 24.1. The summed E-state index contributed by atoms with van der Waals surface area (Å²) in [6.07, 6.45) is 1.55. The predicted octanol–water partition coefficient (Wildman–Crippen LogP) is 4.78. The fourth-order valence-corrected chi connectivity index (χ4v) is 5.11. The van der Waals surface area contributed by atoms with Crippen LogP contribution in [0.2, 0.25) is 5.02 Å². The Morgan fingerprint density at radius 2 is 1.89 bits per heavy atom. The SMILES string of the molecule is COC(=O)c1ccc2c(c1)nc(SCc1cc(=O)n3cc(Cl)ccc3n1)n1c3ccccc3nc21. The first-order valence-electron chi connectivity index (χ1n) is 10.6. The summed E-state index contributed by atoms with van der Waals surface area (Å²) in [4.78, 5) is 39.0. The van der Waals surface area contributed by atoms with Crippen molar-refractivity contribution >= 4 is 62.6 Å². The highest BCUT2D eigenvalue weighted by Gasteiger charge is 2.17. The minimum absolute atomic E-state index is 0.208. The van der Waals surface area contributed by atoms with Crippen molar-refractivity contribution in [1.82, 2.24) is 23.8 Å². The van der Waals surface area contributed by atoms with Crippen LogP contribution in [0.25, 0.3) is 33.2 Å². The van der Waals surface area contributed by atoms with Crippen LogP contribution >= 0.6 is 23.4 Å². The number of halogens is 1. The molecule has 0 saturated heterocycles.